The minimum atomic E-state index is -0.0904. The Labute approximate surface area is 168 Å². The van der Waals surface area contributed by atoms with Gasteiger partial charge in [0, 0.05) is 39.3 Å². The topological polar surface area (TPSA) is 77.0 Å². The van der Waals surface area contributed by atoms with Crippen LogP contribution in [0.3, 0.4) is 0 Å². The number of guanidine groups is 1. The van der Waals surface area contributed by atoms with E-state index in [0.717, 1.165) is 38.3 Å². The van der Waals surface area contributed by atoms with Crippen molar-refractivity contribution in [3.63, 3.8) is 0 Å². The normalized spacial score (nSPS) is 29.8. The van der Waals surface area contributed by atoms with E-state index in [-0.39, 0.29) is 35.5 Å². The number of aliphatic imine (C=N–C) groups is 1. The Morgan fingerprint density at radius 3 is 2.39 bits per heavy atom. The molecule has 7 heteroatoms. The van der Waals surface area contributed by atoms with Crippen molar-refractivity contribution >= 4 is 17.8 Å². The molecular weight excluding hydrogens is 354 g/mol. The van der Waals surface area contributed by atoms with Gasteiger partial charge in [0.1, 0.15) is 0 Å². The van der Waals surface area contributed by atoms with Crippen molar-refractivity contribution in [2.75, 3.05) is 40.3 Å². The van der Waals surface area contributed by atoms with Gasteiger partial charge in [-0.15, -0.1) is 0 Å². The molecule has 0 aromatic rings. The van der Waals surface area contributed by atoms with E-state index < -0.39 is 0 Å². The molecule has 3 rings (SSSR count). The third kappa shape index (κ3) is 4.09. The first-order valence-electron chi connectivity index (χ1n) is 10.7. The van der Waals surface area contributed by atoms with Crippen LogP contribution in [0.15, 0.2) is 17.1 Å². The fourth-order valence-corrected chi connectivity index (χ4v) is 4.73. The van der Waals surface area contributed by atoms with Crippen LogP contribution in [-0.4, -0.2) is 73.9 Å². The van der Waals surface area contributed by atoms with E-state index in [1.165, 1.54) is 4.90 Å². The molecule has 0 spiro atoms. The fourth-order valence-electron chi connectivity index (χ4n) is 4.73. The summed E-state index contributed by atoms with van der Waals surface area (Å²) in [6.45, 7) is 7.36. The number of amides is 2. The lowest BCUT2D eigenvalue weighted by Crippen LogP contribution is -2.43. The molecule has 5 unspecified atom stereocenters. The lowest BCUT2D eigenvalue weighted by molar-refractivity contribution is -0.140. The van der Waals surface area contributed by atoms with Crippen LogP contribution in [-0.2, 0) is 9.59 Å². The Balaban J connectivity index is 1.36. The number of nitrogens with zero attached hydrogens (tertiary/aromatic N) is 3. The number of hydrogen-bond acceptors (Lipinski definition) is 4. The largest absolute Gasteiger partial charge is 0.356 e. The quantitative estimate of drug-likeness (QED) is 0.203. The standard InChI is InChI=1S/C21H35N5O2/c1-5-14(2)25(4)12-10-24-21(22-3)23-9-6-11-26-19(27)17-15-7-8-16(13-15)18(17)20(26)28/h7-8,14-18H,5-6,9-13H2,1-4H3,(H2,22,23,24). The van der Waals surface area contributed by atoms with Gasteiger partial charge in [-0.05, 0) is 45.1 Å². The number of rotatable bonds is 9. The average Bonchev–Trinajstić information content (AvgIpc) is 3.38. The van der Waals surface area contributed by atoms with E-state index in [2.05, 4.69) is 53.6 Å². The number of allylic oxidation sites excluding steroid dienone is 2. The van der Waals surface area contributed by atoms with Gasteiger partial charge in [-0.3, -0.25) is 19.5 Å². The van der Waals surface area contributed by atoms with Gasteiger partial charge in [-0.1, -0.05) is 19.1 Å². The van der Waals surface area contributed by atoms with E-state index in [4.69, 9.17) is 0 Å². The first-order valence-corrected chi connectivity index (χ1v) is 10.7. The molecule has 5 atom stereocenters. The Kier molecular flexibility index (Phi) is 6.75. The molecule has 1 heterocycles. The van der Waals surface area contributed by atoms with Crippen molar-refractivity contribution in [2.45, 2.75) is 39.2 Å². The molecule has 156 valence electrons. The second kappa shape index (κ2) is 9.07. The van der Waals surface area contributed by atoms with Crippen molar-refractivity contribution in [2.24, 2.45) is 28.7 Å². The van der Waals surface area contributed by atoms with Crippen LogP contribution < -0.4 is 10.6 Å². The second-order valence-corrected chi connectivity index (χ2v) is 8.35. The molecule has 2 bridgehead atoms. The first kappa shape index (κ1) is 20.8. The van der Waals surface area contributed by atoms with Gasteiger partial charge in [0.15, 0.2) is 5.96 Å². The molecule has 1 aliphatic heterocycles. The van der Waals surface area contributed by atoms with Gasteiger partial charge in [0.25, 0.3) is 0 Å². The molecule has 0 aromatic heterocycles. The predicted octanol–water partition coefficient (Wildman–Crippen LogP) is 1.08. The number of carbonyl (C=O) groups excluding carboxylic acids is 2. The van der Waals surface area contributed by atoms with Crippen LogP contribution in [0.25, 0.3) is 0 Å². The summed E-state index contributed by atoms with van der Waals surface area (Å²) in [5.74, 6) is 1.23. The molecule has 2 N–H and O–H groups in total. The van der Waals surface area contributed by atoms with Crippen molar-refractivity contribution in [1.82, 2.24) is 20.4 Å². The average molecular weight is 390 g/mol. The van der Waals surface area contributed by atoms with Crippen molar-refractivity contribution in [1.29, 1.82) is 0 Å². The molecule has 0 radical (unpaired) electrons. The summed E-state index contributed by atoms with van der Waals surface area (Å²) in [6, 6.07) is 0.567. The van der Waals surface area contributed by atoms with Gasteiger partial charge in [-0.25, -0.2) is 0 Å². The maximum absolute atomic E-state index is 12.7. The van der Waals surface area contributed by atoms with Crippen LogP contribution in [0.1, 0.15) is 33.1 Å². The maximum Gasteiger partial charge on any atom is 0.233 e. The maximum atomic E-state index is 12.7. The Morgan fingerprint density at radius 2 is 1.82 bits per heavy atom. The molecule has 28 heavy (non-hydrogen) atoms. The zero-order valence-electron chi connectivity index (χ0n) is 17.6. The summed E-state index contributed by atoms with van der Waals surface area (Å²) in [5, 5.41) is 6.60. The molecule has 1 saturated heterocycles. The van der Waals surface area contributed by atoms with Gasteiger partial charge in [0.2, 0.25) is 11.8 Å². The van der Waals surface area contributed by atoms with Crippen LogP contribution in [0.4, 0.5) is 0 Å². The van der Waals surface area contributed by atoms with Gasteiger partial charge in [-0.2, -0.15) is 0 Å². The predicted molar refractivity (Wildman–Crippen MR) is 111 cm³/mol. The zero-order chi connectivity index (χ0) is 20.3. The van der Waals surface area contributed by atoms with E-state index in [1.54, 1.807) is 7.05 Å². The number of likely N-dealkylation sites (tertiary alicyclic amines) is 1. The zero-order valence-corrected chi connectivity index (χ0v) is 17.6. The van der Waals surface area contributed by atoms with Crippen molar-refractivity contribution < 1.29 is 9.59 Å². The molecule has 3 aliphatic rings. The molecule has 2 fully saturated rings. The number of fused-ring (bicyclic) bond motifs is 5. The highest BCUT2D eigenvalue weighted by Crippen LogP contribution is 2.52. The lowest BCUT2D eigenvalue weighted by Gasteiger charge is -2.24. The van der Waals surface area contributed by atoms with E-state index in [1.807, 2.05) is 0 Å². The molecule has 1 saturated carbocycles. The number of carbonyl (C=O) groups is 2. The number of hydrogen-bond donors (Lipinski definition) is 2. The number of imide groups is 1. The minimum Gasteiger partial charge on any atom is -0.356 e. The van der Waals surface area contributed by atoms with E-state index in [0.29, 0.717) is 19.1 Å². The third-order valence-corrected chi connectivity index (χ3v) is 6.74. The molecule has 7 nitrogen and oxygen atoms in total. The smallest absolute Gasteiger partial charge is 0.233 e. The van der Waals surface area contributed by atoms with Crippen molar-refractivity contribution in [3.05, 3.63) is 12.2 Å². The third-order valence-electron chi connectivity index (χ3n) is 6.74. The van der Waals surface area contributed by atoms with Gasteiger partial charge < -0.3 is 15.5 Å². The Morgan fingerprint density at radius 1 is 1.21 bits per heavy atom. The highest BCUT2D eigenvalue weighted by Gasteiger charge is 2.58. The highest BCUT2D eigenvalue weighted by atomic mass is 16.2. The summed E-state index contributed by atoms with van der Waals surface area (Å²) >= 11 is 0. The summed E-state index contributed by atoms with van der Waals surface area (Å²) in [7, 11) is 3.89. The summed E-state index contributed by atoms with van der Waals surface area (Å²) in [5.41, 5.74) is 0. The number of nitrogens with one attached hydrogen (secondary N) is 2. The highest BCUT2D eigenvalue weighted by molar-refractivity contribution is 6.06. The Hall–Kier alpha value is -1.89. The van der Waals surface area contributed by atoms with Crippen LogP contribution in [0.5, 0.6) is 0 Å². The molecular formula is C21H35N5O2. The molecule has 0 aromatic carbocycles. The fraction of sp³-hybridized carbons (Fsp3) is 0.762. The van der Waals surface area contributed by atoms with Gasteiger partial charge >= 0.3 is 0 Å². The summed E-state index contributed by atoms with van der Waals surface area (Å²) in [6.07, 6.45) is 7.12. The molecule has 2 amide bonds. The van der Waals surface area contributed by atoms with Crippen molar-refractivity contribution in [3.8, 4) is 0 Å². The summed E-state index contributed by atoms with van der Waals surface area (Å²) < 4.78 is 0. The summed E-state index contributed by atoms with van der Waals surface area (Å²) in [4.78, 5) is 33.4. The van der Waals surface area contributed by atoms with Crippen LogP contribution in [0, 0.1) is 23.7 Å². The second-order valence-electron chi connectivity index (χ2n) is 8.35. The van der Waals surface area contributed by atoms with E-state index in [9.17, 15) is 9.59 Å². The Bertz CT molecular complexity index is 617. The van der Waals surface area contributed by atoms with Gasteiger partial charge in [0.05, 0.1) is 11.8 Å². The first-order chi connectivity index (χ1) is 13.5. The van der Waals surface area contributed by atoms with Crippen LogP contribution in [0.2, 0.25) is 0 Å². The van der Waals surface area contributed by atoms with Crippen LogP contribution >= 0.6 is 0 Å². The van der Waals surface area contributed by atoms with E-state index >= 15 is 0 Å². The lowest BCUT2D eigenvalue weighted by atomic mass is 9.85. The monoisotopic (exact) mass is 389 g/mol. The SMILES string of the molecule is CCC(C)N(C)CCNC(=NC)NCCCN1C(=O)C2C3C=CC(C3)C2C1=O. The molecule has 2 aliphatic carbocycles. The minimum absolute atomic E-state index is 0.0439. The number of likely N-dealkylation sites (N-methyl/N-ethyl adjacent to an activating group) is 1.